The monoisotopic (exact) mass is 423 g/mol. The standard InChI is InChI=1S/C24H29N3O2S/c1-7-27-22(18-10-14-20(29-6)15-11-18)25-26-23(27)30-16(2)21(28)17-8-12-19(13-9-17)24(3,4)5/h8-16H,7H2,1-6H3/t16-/m0/s1. The zero-order valence-corrected chi connectivity index (χ0v) is 19.3. The minimum atomic E-state index is -0.260. The predicted octanol–water partition coefficient (Wildman–Crippen LogP) is 5.63. The first-order valence-corrected chi connectivity index (χ1v) is 11.0. The Hall–Kier alpha value is -2.60. The van der Waals surface area contributed by atoms with Crippen molar-refractivity contribution in [1.29, 1.82) is 0 Å². The Morgan fingerprint density at radius 3 is 2.23 bits per heavy atom. The van der Waals surface area contributed by atoms with E-state index >= 15 is 0 Å². The van der Waals surface area contributed by atoms with E-state index in [2.05, 4.69) is 37.9 Å². The van der Waals surface area contributed by atoms with Crippen molar-refractivity contribution in [3.05, 3.63) is 59.7 Å². The summed E-state index contributed by atoms with van der Waals surface area (Å²) < 4.78 is 7.27. The zero-order chi connectivity index (χ0) is 21.9. The van der Waals surface area contributed by atoms with Gasteiger partial charge in [-0.3, -0.25) is 4.79 Å². The molecule has 0 aliphatic carbocycles. The number of carbonyl (C=O) groups excluding carboxylic acids is 1. The Labute approximate surface area is 182 Å². The lowest BCUT2D eigenvalue weighted by atomic mass is 9.86. The highest BCUT2D eigenvalue weighted by Gasteiger charge is 2.22. The number of hydrogen-bond acceptors (Lipinski definition) is 5. The molecule has 5 nitrogen and oxygen atoms in total. The van der Waals surface area contributed by atoms with Crippen LogP contribution in [0.15, 0.2) is 53.7 Å². The third-order valence-electron chi connectivity index (χ3n) is 5.07. The molecule has 0 saturated carbocycles. The summed E-state index contributed by atoms with van der Waals surface area (Å²) in [6.45, 7) is 11.2. The van der Waals surface area contributed by atoms with Crippen LogP contribution in [0.1, 0.15) is 50.5 Å². The number of methoxy groups -OCH3 is 1. The second-order valence-electron chi connectivity index (χ2n) is 8.23. The smallest absolute Gasteiger partial charge is 0.192 e. The fourth-order valence-corrected chi connectivity index (χ4v) is 4.19. The van der Waals surface area contributed by atoms with Gasteiger partial charge in [-0.1, -0.05) is 56.8 Å². The summed E-state index contributed by atoms with van der Waals surface area (Å²) in [6, 6.07) is 15.7. The molecule has 1 aromatic heterocycles. The van der Waals surface area contributed by atoms with E-state index in [1.54, 1.807) is 7.11 Å². The van der Waals surface area contributed by atoms with Crippen LogP contribution >= 0.6 is 11.8 Å². The highest BCUT2D eigenvalue weighted by atomic mass is 32.2. The van der Waals surface area contributed by atoms with E-state index in [9.17, 15) is 4.79 Å². The van der Waals surface area contributed by atoms with Crippen molar-refractivity contribution in [2.75, 3.05) is 7.11 Å². The van der Waals surface area contributed by atoms with Gasteiger partial charge in [0.1, 0.15) is 5.75 Å². The van der Waals surface area contributed by atoms with Gasteiger partial charge in [0.05, 0.1) is 12.4 Å². The summed E-state index contributed by atoms with van der Waals surface area (Å²) in [5.74, 6) is 1.68. The van der Waals surface area contributed by atoms with Crippen LogP contribution in [0.3, 0.4) is 0 Å². The summed E-state index contributed by atoms with van der Waals surface area (Å²) in [4.78, 5) is 13.0. The van der Waals surface area contributed by atoms with Gasteiger partial charge in [0.2, 0.25) is 0 Å². The average molecular weight is 424 g/mol. The largest absolute Gasteiger partial charge is 0.497 e. The van der Waals surface area contributed by atoms with Gasteiger partial charge in [0.25, 0.3) is 0 Å². The molecule has 6 heteroatoms. The summed E-state index contributed by atoms with van der Waals surface area (Å²) in [5, 5.41) is 9.22. The maximum Gasteiger partial charge on any atom is 0.192 e. The summed E-state index contributed by atoms with van der Waals surface area (Å²) in [5.41, 5.74) is 2.97. The molecular weight excluding hydrogens is 394 g/mol. The molecule has 0 radical (unpaired) electrons. The molecule has 3 rings (SSSR count). The third-order valence-corrected chi connectivity index (χ3v) is 6.15. The minimum absolute atomic E-state index is 0.0668. The number of benzene rings is 2. The number of Topliss-reactive ketones (excluding diaryl/α,β-unsaturated/α-hetero) is 1. The first-order chi connectivity index (χ1) is 14.2. The van der Waals surface area contributed by atoms with Crippen molar-refractivity contribution in [1.82, 2.24) is 14.8 Å². The normalized spacial score (nSPS) is 12.6. The molecule has 0 aliphatic heterocycles. The van der Waals surface area contributed by atoms with Crippen molar-refractivity contribution in [3.8, 4) is 17.1 Å². The van der Waals surface area contributed by atoms with Crippen molar-refractivity contribution in [3.63, 3.8) is 0 Å². The fourth-order valence-electron chi connectivity index (χ4n) is 3.20. The van der Waals surface area contributed by atoms with E-state index in [-0.39, 0.29) is 16.4 Å². The summed E-state index contributed by atoms with van der Waals surface area (Å²) >= 11 is 1.45. The Morgan fingerprint density at radius 2 is 1.70 bits per heavy atom. The number of carbonyl (C=O) groups is 1. The number of ether oxygens (including phenoxy) is 1. The molecule has 0 spiro atoms. The molecule has 1 heterocycles. The second-order valence-corrected chi connectivity index (χ2v) is 9.54. The maximum atomic E-state index is 13.0. The van der Waals surface area contributed by atoms with Gasteiger partial charge in [-0.25, -0.2) is 0 Å². The van der Waals surface area contributed by atoms with Gasteiger partial charge in [0, 0.05) is 17.7 Å². The van der Waals surface area contributed by atoms with Crippen molar-refractivity contribution < 1.29 is 9.53 Å². The molecule has 3 aromatic rings. The number of aromatic nitrogens is 3. The lowest BCUT2D eigenvalue weighted by Gasteiger charge is -2.19. The summed E-state index contributed by atoms with van der Waals surface area (Å²) in [6.07, 6.45) is 0. The molecule has 2 aromatic carbocycles. The van der Waals surface area contributed by atoms with Crippen LogP contribution in [-0.4, -0.2) is 32.9 Å². The fraction of sp³-hybridized carbons (Fsp3) is 0.375. The Kier molecular flexibility index (Phi) is 6.66. The number of rotatable bonds is 7. The highest BCUT2D eigenvalue weighted by molar-refractivity contribution is 8.00. The van der Waals surface area contributed by atoms with Gasteiger partial charge < -0.3 is 9.30 Å². The SMILES string of the molecule is CCn1c(S[C@@H](C)C(=O)c2ccc(C(C)(C)C)cc2)nnc1-c1ccc(OC)cc1. The van der Waals surface area contributed by atoms with Gasteiger partial charge in [0.15, 0.2) is 16.8 Å². The van der Waals surface area contributed by atoms with Crippen molar-refractivity contribution in [2.45, 2.75) is 57.0 Å². The number of hydrogen-bond donors (Lipinski definition) is 0. The first kappa shape index (κ1) is 22.1. The molecule has 158 valence electrons. The van der Waals surface area contributed by atoms with E-state index < -0.39 is 0 Å². The first-order valence-electron chi connectivity index (χ1n) is 10.1. The van der Waals surface area contributed by atoms with Gasteiger partial charge in [-0.15, -0.1) is 10.2 Å². The molecule has 0 amide bonds. The van der Waals surface area contributed by atoms with E-state index in [0.29, 0.717) is 0 Å². The van der Waals surface area contributed by atoms with E-state index in [0.717, 1.165) is 34.4 Å². The highest BCUT2D eigenvalue weighted by Crippen LogP contribution is 2.30. The molecule has 30 heavy (non-hydrogen) atoms. The van der Waals surface area contributed by atoms with Gasteiger partial charge in [-0.05, 0) is 49.1 Å². The molecule has 0 N–H and O–H groups in total. The van der Waals surface area contributed by atoms with E-state index in [1.807, 2.05) is 60.0 Å². The topological polar surface area (TPSA) is 57.0 Å². The second kappa shape index (κ2) is 9.04. The number of nitrogens with zero attached hydrogens (tertiary/aromatic N) is 3. The van der Waals surface area contributed by atoms with Crippen LogP contribution in [0.2, 0.25) is 0 Å². The third kappa shape index (κ3) is 4.75. The minimum Gasteiger partial charge on any atom is -0.497 e. The van der Waals surface area contributed by atoms with Crippen LogP contribution < -0.4 is 4.74 Å². The quantitative estimate of drug-likeness (QED) is 0.364. The van der Waals surface area contributed by atoms with Gasteiger partial charge in [-0.2, -0.15) is 0 Å². The zero-order valence-electron chi connectivity index (χ0n) is 18.5. The lowest BCUT2D eigenvalue weighted by molar-refractivity contribution is 0.0993. The lowest BCUT2D eigenvalue weighted by Crippen LogP contribution is -2.16. The molecule has 0 fully saturated rings. The Bertz CT molecular complexity index is 1000. The van der Waals surface area contributed by atoms with Gasteiger partial charge >= 0.3 is 0 Å². The number of ketones is 1. The molecule has 0 saturated heterocycles. The van der Waals surface area contributed by atoms with Crippen molar-refractivity contribution in [2.24, 2.45) is 0 Å². The Balaban J connectivity index is 1.78. The Morgan fingerprint density at radius 1 is 1.07 bits per heavy atom. The van der Waals surface area contributed by atoms with Crippen molar-refractivity contribution >= 4 is 17.5 Å². The van der Waals surface area contributed by atoms with E-state index in [1.165, 1.54) is 17.3 Å². The van der Waals surface area contributed by atoms with E-state index in [4.69, 9.17) is 4.74 Å². The maximum absolute atomic E-state index is 13.0. The molecule has 0 unspecified atom stereocenters. The van der Waals surface area contributed by atoms with Crippen LogP contribution in [0, 0.1) is 0 Å². The molecular formula is C24H29N3O2S. The predicted molar refractivity (Wildman–Crippen MR) is 122 cm³/mol. The van der Waals surface area contributed by atoms with Crippen LogP contribution in [-0.2, 0) is 12.0 Å². The van der Waals surface area contributed by atoms with Crippen LogP contribution in [0.5, 0.6) is 5.75 Å². The molecule has 0 aliphatic rings. The summed E-state index contributed by atoms with van der Waals surface area (Å²) in [7, 11) is 1.65. The van der Waals surface area contributed by atoms with Crippen LogP contribution in [0.25, 0.3) is 11.4 Å². The molecule has 1 atom stereocenters. The van der Waals surface area contributed by atoms with Crippen LogP contribution in [0.4, 0.5) is 0 Å². The molecule has 0 bridgehead atoms. The number of thioether (sulfide) groups is 1. The average Bonchev–Trinajstić information content (AvgIpc) is 3.15.